The Kier molecular flexibility index (Phi) is 3.67. The Morgan fingerprint density at radius 2 is 2.00 bits per heavy atom. The van der Waals surface area contributed by atoms with Gasteiger partial charge in [0.2, 0.25) is 0 Å². The van der Waals surface area contributed by atoms with E-state index in [2.05, 4.69) is 28.5 Å². The van der Waals surface area contributed by atoms with Gasteiger partial charge in [-0.2, -0.15) is 0 Å². The van der Waals surface area contributed by atoms with Gasteiger partial charge in [0.15, 0.2) is 0 Å². The van der Waals surface area contributed by atoms with E-state index in [9.17, 15) is 0 Å². The number of methoxy groups -OCH3 is 1. The topological polar surface area (TPSA) is 17.4 Å². The molecule has 0 saturated carbocycles. The van der Waals surface area contributed by atoms with Crippen LogP contribution in [0.5, 0.6) is 5.75 Å². The molecular formula is C14H19BN2O. The van der Waals surface area contributed by atoms with Gasteiger partial charge in [0, 0.05) is 29.1 Å². The van der Waals surface area contributed by atoms with E-state index in [0.29, 0.717) is 0 Å². The van der Waals surface area contributed by atoms with E-state index in [1.165, 1.54) is 0 Å². The molecule has 0 fully saturated rings. The number of benzene rings is 1. The van der Waals surface area contributed by atoms with Crippen molar-refractivity contribution in [3.8, 4) is 5.75 Å². The van der Waals surface area contributed by atoms with Crippen LogP contribution in [0.2, 0.25) is 0 Å². The van der Waals surface area contributed by atoms with Crippen LogP contribution in [-0.4, -0.2) is 44.6 Å². The van der Waals surface area contributed by atoms with Crippen LogP contribution in [0.25, 0.3) is 10.9 Å². The quantitative estimate of drug-likeness (QED) is 0.765. The van der Waals surface area contributed by atoms with Crippen molar-refractivity contribution in [1.82, 2.24) is 9.47 Å². The van der Waals surface area contributed by atoms with Gasteiger partial charge in [0.25, 0.3) is 0 Å². The molecule has 0 bridgehead atoms. The first-order chi connectivity index (χ1) is 8.54. The highest BCUT2D eigenvalue weighted by Crippen LogP contribution is 2.25. The Bertz CT molecular complexity index is 536. The first-order valence-electron chi connectivity index (χ1n) is 6.11. The largest absolute Gasteiger partial charge is 0.497 e. The number of hydrogen-bond donors (Lipinski definition) is 0. The first kappa shape index (κ1) is 13.0. The van der Waals surface area contributed by atoms with Crippen molar-refractivity contribution in [2.24, 2.45) is 0 Å². The van der Waals surface area contributed by atoms with Crippen molar-refractivity contribution in [3.05, 3.63) is 30.5 Å². The zero-order valence-corrected chi connectivity index (χ0v) is 11.4. The summed E-state index contributed by atoms with van der Waals surface area (Å²) in [5.74, 6) is 0.806. The monoisotopic (exact) mass is 242 g/mol. The number of fused-ring (bicyclic) bond motifs is 1. The smallest absolute Gasteiger partial charge is 0.119 e. The van der Waals surface area contributed by atoms with Gasteiger partial charge in [-0.05, 0) is 45.3 Å². The third-order valence-corrected chi connectivity index (χ3v) is 3.56. The SMILES string of the molecule is [B][C@@H]([C@@H](C)N(C)C)n1ccc2cc(OC)ccc21. The van der Waals surface area contributed by atoms with Gasteiger partial charge in [0.1, 0.15) is 13.6 Å². The van der Waals surface area contributed by atoms with E-state index in [0.717, 1.165) is 16.7 Å². The number of rotatable bonds is 4. The Morgan fingerprint density at radius 3 is 2.61 bits per heavy atom. The van der Waals surface area contributed by atoms with Crippen LogP contribution >= 0.6 is 0 Å². The van der Waals surface area contributed by atoms with Crippen LogP contribution in [0, 0.1) is 0 Å². The second kappa shape index (κ2) is 5.06. The standard InChI is InChI=1S/C14H19BN2O/c1-10(16(2)3)14(15)17-8-7-11-9-12(18-4)5-6-13(11)17/h5-10,14H,1-4H3/t10-,14-/m1/s1. The van der Waals surface area contributed by atoms with Crippen LogP contribution in [0.4, 0.5) is 0 Å². The number of likely N-dealkylation sites (N-methyl/N-ethyl adjacent to an activating group) is 1. The number of ether oxygens (including phenoxy) is 1. The van der Waals surface area contributed by atoms with Gasteiger partial charge in [-0.3, -0.25) is 0 Å². The Hall–Kier alpha value is -1.42. The zero-order chi connectivity index (χ0) is 13.3. The third-order valence-electron chi connectivity index (χ3n) is 3.56. The van der Waals surface area contributed by atoms with Crippen molar-refractivity contribution >= 4 is 18.7 Å². The molecule has 0 amide bonds. The van der Waals surface area contributed by atoms with Crippen LogP contribution in [-0.2, 0) is 0 Å². The molecule has 2 atom stereocenters. The molecule has 1 aromatic heterocycles. The molecule has 0 aliphatic rings. The molecule has 1 aromatic carbocycles. The molecule has 3 nitrogen and oxygen atoms in total. The summed E-state index contributed by atoms with van der Waals surface area (Å²) >= 11 is 0. The minimum absolute atomic E-state index is 0.0640. The average molecular weight is 242 g/mol. The van der Waals surface area contributed by atoms with E-state index in [1.54, 1.807) is 7.11 Å². The third kappa shape index (κ3) is 2.25. The van der Waals surface area contributed by atoms with Crippen molar-refractivity contribution in [2.45, 2.75) is 18.9 Å². The molecule has 2 rings (SSSR count). The highest BCUT2D eigenvalue weighted by atomic mass is 16.5. The summed E-state index contributed by atoms with van der Waals surface area (Å²) in [6.45, 7) is 2.13. The maximum atomic E-state index is 6.31. The molecule has 18 heavy (non-hydrogen) atoms. The first-order valence-corrected chi connectivity index (χ1v) is 6.11. The van der Waals surface area contributed by atoms with Crippen LogP contribution in [0.3, 0.4) is 0 Å². The molecule has 2 radical (unpaired) electrons. The highest BCUT2D eigenvalue weighted by molar-refractivity contribution is 6.11. The molecule has 94 valence electrons. The molecule has 0 spiro atoms. The highest BCUT2D eigenvalue weighted by Gasteiger charge is 2.16. The van der Waals surface area contributed by atoms with Gasteiger partial charge in [-0.1, -0.05) is 0 Å². The molecule has 1 heterocycles. The van der Waals surface area contributed by atoms with Crippen molar-refractivity contribution < 1.29 is 4.74 Å². The van der Waals surface area contributed by atoms with E-state index in [-0.39, 0.29) is 12.0 Å². The maximum Gasteiger partial charge on any atom is 0.119 e. The van der Waals surface area contributed by atoms with Gasteiger partial charge >= 0.3 is 0 Å². The minimum Gasteiger partial charge on any atom is -0.497 e. The van der Waals surface area contributed by atoms with Gasteiger partial charge < -0.3 is 14.2 Å². The van der Waals surface area contributed by atoms with E-state index >= 15 is 0 Å². The number of aromatic nitrogens is 1. The maximum absolute atomic E-state index is 6.31. The second-order valence-corrected chi connectivity index (χ2v) is 4.84. The Balaban J connectivity index is 2.40. The predicted octanol–water partition coefficient (Wildman–Crippen LogP) is 2.27. The summed E-state index contributed by atoms with van der Waals surface area (Å²) in [7, 11) is 12.1. The summed E-state index contributed by atoms with van der Waals surface area (Å²) in [5, 5.41) is 1.15. The number of nitrogens with zero attached hydrogens (tertiary/aromatic N) is 2. The fraction of sp³-hybridized carbons (Fsp3) is 0.429. The fourth-order valence-corrected chi connectivity index (χ4v) is 2.07. The molecule has 0 saturated heterocycles. The minimum atomic E-state index is -0.0640. The molecule has 4 heteroatoms. The molecule has 0 unspecified atom stereocenters. The lowest BCUT2D eigenvalue weighted by Gasteiger charge is -2.28. The van der Waals surface area contributed by atoms with Gasteiger partial charge in [-0.15, -0.1) is 0 Å². The lowest BCUT2D eigenvalue weighted by molar-refractivity contribution is 0.277. The fourth-order valence-electron chi connectivity index (χ4n) is 2.07. The predicted molar refractivity (Wildman–Crippen MR) is 76.4 cm³/mol. The van der Waals surface area contributed by atoms with Gasteiger partial charge in [-0.25, -0.2) is 0 Å². The summed E-state index contributed by atoms with van der Waals surface area (Å²) in [6, 6.07) is 8.38. The molecular weight excluding hydrogens is 223 g/mol. The summed E-state index contributed by atoms with van der Waals surface area (Å²) in [6.07, 6.45) is 2.04. The van der Waals surface area contributed by atoms with Crippen LogP contribution < -0.4 is 4.74 Å². The molecule has 0 N–H and O–H groups in total. The number of hydrogen-bond acceptors (Lipinski definition) is 2. The van der Waals surface area contributed by atoms with E-state index < -0.39 is 0 Å². The van der Waals surface area contributed by atoms with Crippen molar-refractivity contribution in [2.75, 3.05) is 21.2 Å². The van der Waals surface area contributed by atoms with Gasteiger partial charge in [0.05, 0.1) is 7.11 Å². The van der Waals surface area contributed by atoms with Crippen LogP contribution in [0.15, 0.2) is 30.5 Å². The Labute approximate surface area is 110 Å². The zero-order valence-electron chi connectivity index (χ0n) is 11.4. The summed E-state index contributed by atoms with van der Waals surface area (Å²) < 4.78 is 7.34. The molecule has 0 aliphatic heterocycles. The Morgan fingerprint density at radius 1 is 1.28 bits per heavy atom. The second-order valence-electron chi connectivity index (χ2n) is 4.84. The van der Waals surface area contributed by atoms with E-state index in [4.69, 9.17) is 12.6 Å². The van der Waals surface area contributed by atoms with Crippen LogP contribution in [0.1, 0.15) is 12.9 Å². The molecule has 2 aromatic rings. The van der Waals surface area contributed by atoms with E-state index in [1.807, 2.05) is 32.4 Å². The van der Waals surface area contributed by atoms with Crippen molar-refractivity contribution in [3.63, 3.8) is 0 Å². The lowest BCUT2D eigenvalue weighted by atomic mass is 9.89. The normalized spacial score (nSPS) is 14.9. The molecule has 0 aliphatic carbocycles. The van der Waals surface area contributed by atoms with Crippen molar-refractivity contribution in [1.29, 1.82) is 0 Å². The lowest BCUT2D eigenvalue weighted by Crippen LogP contribution is -2.34. The summed E-state index contributed by atoms with van der Waals surface area (Å²) in [4.78, 5) is 2.13. The average Bonchev–Trinajstić information content (AvgIpc) is 2.79. The summed E-state index contributed by atoms with van der Waals surface area (Å²) in [5.41, 5.74) is 1.14.